The first-order valence-electron chi connectivity index (χ1n) is 7.77. The number of piperidine rings is 1. The van der Waals surface area contributed by atoms with E-state index >= 15 is 0 Å². The normalized spacial score (nSPS) is 15.5. The molecule has 0 saturated carbocycles. The average molecular weight is 331 g/mol. The number of aryl methyl sites for hydroxylation is 1. The van der Waals surface area contributed by atoms with Crippen LogP contribution in [0.5, 0.6) is 5.75 Å². The molecule has 5 nitrogen and oxygen atoms in total. The van der Waals surface area contributed by atoms with Crippen LogP contribution in [0.2, 0.25) is 0 Å². The highest BCUT2D eigenvalue weighted by Crippen LogP contribution is 2.24. The molecule has 23 heavy (non-hydrogen) atoms. The summed E-state index contributed by atoms with van der Waals surface area (Å²) >= 11 is 1.44. The minimum Gasteiger partial charge on any atom is -0.496 e. The molecular weight excluding hydrogens is 310 g/mol. The molecule has 0 bridgehead atoms. The number of aromatic nitrogens is 1. The molecule has 0 radical (unpaired) electrons. The number of amides is 1. The van der Waals surface area contributed by atoms with Gasteiger partial charge in [-0.05, 0) is 31.9 Å². The van der Waals surface area contributed by atoms with Gasteiger partial charge in [0.15, 0.2) is 0 Å². The van der Waals surface area contributed by atoms with Gasteiger partial charge in [0.2, 0.25) is 0 Å². The first-order valence-corrected chi connectivity index (χ1v) is 8.65. The number of pyridine rings is 1. The summed E-state index contributed by atoms with van der Waals surface area (Å²) in [5.74, 6) is 1.77. The highest BCUT2D eigenvalue weighted by atomic mass is 32.1. The molecule has 2 aromatic rings. The molecule has 0 spiro atoms. The van der Waals surface area contributed by atoms with Gasteiger partial charge >= 0.3 is 0 Å². The molecule has 1 aliphatic heterocycles. The monoisotopic (exact) mass is 331 g/mol. The summed E-state index contributed by atoms with van der Waals surface area (Å²) in [4.78, 5) is 19.6. The second-order valence-corrected chi connectivity index (χ2v) is 6.64. The number of hydrogen-bond acceptors (Lipinski definition) is 5. The van der Waals surface area contributed by atoms with Gasteiger partial charge < -0.3 is 15.0 Å². The Bertz CT molecular complexity index is 678. The SMILES string of the molecule is COc1csc(C(=O)N2CCC(Nc3cccc(C)n3)CC2)c1. The predicted molar refractivity (Wildman–Crippen MR) is 92.4 cm³/mol. The summed E-state index contributed by atoms with van der Waals surface area (Å²) in [7, 11) is 1.62. The van der Waals surface area contributed by atoms with Gasteiger partial charge in [-0.15, -0.1) is 11.3 Å². The number of methoxy groups -OCH3 is 1. The van der Waals surface area contributed by atoms with Crippen molar-refractivity contribution in [1.82, 2.24) is 9.88 Å². The van der Waals surface area contributed by atoms with E-state index in [2.05, 4.69) is 10.3 Å². The molecule has 6 heteroatoms. The molecule has 122 valence electrons. The number of nitrogens with zero attached hydrogens (tertiary/aromatic N) is 2. The second-order valence-electron chi connectivity index (χ2n) is 5.73. The topological polar surface area (TPSA) is 54.5 Å². The van der Waals surface area contributed by atoms with Gasteiger partial charge in [0.1, 0.15) is 11.6 Å². The summed E-state index contributed by atoms with van der Waals surface area (Å²) in [6, 6.07) is 8.16. The standard InChI is InChI=1S/C17H21N3O2S/c1-12-4-3-5-16(18-12)19-13-6-8-20(9-7-13)17(21)15-10-14(22-2)11-23-15/h3-5,10-11,13H,6-9H2,1-2H3,(H,18,19). The van der Waals surface area contributed by atoms with Gasteiger partial charge in [-0.3, -0.25) is 4.79 Å². The Kier molecular flexibility index (Phi) is 4.81. The number of ether oxygens (including phenoxy) is 1. The third-order valence-corrected chi connectivity index (χ3v) is 4.94. The third kappa shape index (κ3) is 3.82. The molecule has 3 rings (SSSR count). The van der Waals surface area contributed by atoms with Gasteiger partial charge in [0.05, 0.1) is 12.0 Å². The van der Waals surface area contributed by atoms with Crippen LogP contribution in [0.1, 0.15) is 28.2 Å². The fourth-order valence-electron chi connectivity index (χ4n) is 2.75. The highest BCUT2D eigenvalue weighted by molar-refractivity contribution is 7.12. The van der Waals surface area contributed by atoms with Gasteiger partial charge in [0, 0.05) is 36.3 Å². The molecule has 0 aromatic carbocycles. The van der Waals surface area contributed by atoms with E-state index in [1.807, 2.05) is 41.5 Å². The lowest BCUT2D eigenvalue weighted by molar-refractivity contribution is 0.0723. The Labute approximate surface area is 140 Å². The first kappa shape index (κ1) is 15.8. The molecule has 1 N–H and O–H groups in total. The lowest BCUT2D eigenvalue weighted by Gasteiger charge is -2.32. The van der Waals surface area contributed by atoms with Crippen molar-refractivity contribution in [2.45, 2.75) is 25.8 Å². The molecule has 2 aromatic heterocycles. The molecule has 0 atom stereocenters. The van der Waals surface area contributed by atoms with Crippen LogP contribution in [-0.4, -0.2) is 42.0 Å². The van der Waals surface area contributed by atoms with Crippen LogP contribution in [0.15, 0.2) is 29.6 Å². The summed E-state index contributed by atoms with van der Waals surface area (Å²) in [6.07, 6.45) is 1.87. The fourth-order valence-corrected chi connectivity index (χ4v) is 3.57. The Morgan fingerprint density at radius 2 is 2.17 bits per heavy atom. The second kappa shape index (κ2) is 7.00. The van der Waals surface area contributed by atoms with E-state index in [0.717, 1.165) is 48.1 Å². The maximum atomic E-state index is 12.5. The summed E-state index contributed by atoms with van der Waals surface area (Å²) in [6.45, 7) is 3.52. The molecule has 0 aliphatic carbocycles. The number of likely N-dealkylation sites (tertiary alicyclic amines) is 1. The minimum atomic E-state index is 0.102. The largest absolute Gasteiger partial charge is 0.496 e. The number of rotatable bonds is 4. The lowest BCUT2D eigenvalue weighted by atomic mass is 10.0. The van der Waals surface area contributed by atoms with Crippen LogP contribution in [0.3, 0.4) is 0 Å². The third-order valence-electron chi connectivity index (χ3n) is 4.04. The van der Waals surface area contributed by atoms with E-state index in [1.165, 1.54) is 11.3 Å². The number of anilines is 1. The van der Waals surface area contributed by atoms with Gasteiger partial charge in [-0.25, -0.2) is 4.98 Å². The van der Waals surface area contributed by atoms with E-state index in [9.17, 15) is 4.79 Å². The zero-order valence-electron chi connectivity index (χ0n) is 13.4. The van der Waals surface area contributed by atoms with E-state index in [0.29, 0.717) is 6.04 Å². The highest BCUT2D eigenvalue weighted by Gasteiger charge is 2.24. The molecule has 1 saturated heterocycles. The molecule has 0 unspecified atom stereocenters. The summed E-state index contributed by atoms with van der Waals surface area (Å²) < 4.78 is 5.15. The van der Waals surface area contributed by atoms with Crippen LogP contribution in [0.25, 0.3) is 0 Å². The van der Waals surface area contributed by atoms with Crippen molar-refractivity contribution in [2.75, 3.05) is 25.5 Å². The van der Waals surface area contributed by atoms with Gasteiger partial charge in [0.25, 0.3) is 5.91 Å². The van der Waals surface area contributed by atoms with E-state index < -0.39 is 0 Å². The van der Waals surface area contributed by atoms with Crippen LogP contribution in [0.4, 0.5) is 5.82 Å². The fraction of sp³-hybridized carbons (Fsp3) is 0.412. The van der Waals surface area contributed by atoms with Crippen molar-refractivity contribution in [3.05, 3.63) is 40.2 Å². The minimum absolute atomic E-state index is 0.102. The van der Waals surface area contributed by atoms with Crippen molar-refractivity contribution in [3.63, 3.8) is 0 Å². The summed E-state index contributed by atoms with van der Waals surface area (Å²) in [5, 5.41) is 5.33. The first-order chi connectivity index (χ1) is 11.2. The van der Waals surface area contributed by atoms with Crippen molar-refractivity contribution in [1.29, 1.82) is 0 Å². The maximum absolute atomic E-state index is 12.5. The van der Waals surface area contributed by atoms with E-state index in [-0.39, 0.29) is 5.91 Å². The molecule has 1 amide bonds. The van der Waals surface area contributed by atoms with Crippen molar-refractivity contribution in [3.8, 4) is 5.75 Å². The van der Waals surface area contributed by atoms with Crippen molar-refractivity contribution in [2.24, 2.45) is 0 Å². The lowest BCUT2D eigenvalue weighted by Crippen LogP contribution is -2.42. The molecule has 1 fully saturated rings. The smallest absolute Gasteiger partial charge is 0.264 e. The van der Waals surface area contributed by atoms with Gasteiger partial charge in [-0.1, -0.05) is 6.07 Å². The number of carbonyl (C=O) groups excluding carboxylic acids is 1. The molecule has 3 heterocycles. The van der Waals surface area contributed by atoms with Crippen LogP contribution < -0.4 is 10.1 Å². The van der Waals surface area contributed by atoms with Crippen LogP contribution >= 0.6 is 11.3 Å². The zero-order valence-corrected chi connectivity index (χ0v) is 14.2. The Balaban J connectivity index is 1.54. The number of carbonyl (C=O) groups is 1. The van der Waals surface area contributed by atoms with Crippen LogP contribution in [0, 0.1) is 6.92 Å². The summed E-state index contributed by atoms with van der Waals surface area (Å²) in [5.41, 5.74) is 1.01. The number of hydrogen-bond donors (Lipinski definition) is 1. The quantitative estimate of drug-likeness (QED) is 0.935. The Hall–Kier alpha value is -2.08. The van der Waals surface area contributed by atoms with Crippen molar-refractivity contribution >= 4 is 23.1 Å². The van der Waals surface area contributed by atoms with Crippen molar-refractivity contribution < 1.29 is 9.53 Å². The molecule has 1 aliphatic rings. The van der Waals surface area contributed by atoms with E-state index in [4.69, 9.17) is 4.74 Å². The Morgan fingerprint density at radius 1 is 1.39 bits per heavy atom. The average Bonchev–Trinajstić information content (AvgIpc) is 3.04. The van der Waals surface area contributed by atoms with E-state index in [1.54, 1.807) is 7.11 Å². The Morgan fingerprint density at radius 3 is 2.83 bits per heavy atom. The zero-order chi connectivity index (χ0) is 16.2. The van der Waals surface area contributed by atoms with Crippen LogP contribution in [-0.2, 0) is 0 Å². The van der Waals surface area contributed by atoms with Gasteiger partial charge in [-0.2, -0.15) is 0 Å². The maximum Gasteiger partial charge on any atom is 0.264 e. The predicted octanol–water partition coefficient (Wildman–Crippen LogP) is 3.18. The number of nitrogens with one attached hydrogen (secondary N) is 1. The molecular formula is C17H21N3O2S. The number of thiophene rings is 1.